The van der Waals surface area contributed by atoms with E-state index in [0.717, 1.165) is 32.6 Å². The summed E-state index contributed by atoms with van der Waals surface area (Å²) >= 11 is 3.48. The van der Waals surface area contributed by atoms with Gasteiger partial charge in [-0.15, -0.1) is 0 Å². The molecule has 3 rings (SSSR count). The first-order valence-electron chi connectivity index (χ1n) is 13.2. The molecule has 1 N–H and O–H groups in total. The number of hydrogen-bond donors (Lipinski definition) is 1. The highest BCUT2D eigenvalue weighted by Gasteiger charge is 2.33. The monoisotopic (exact) mass is 629 g/mol. The summed E-state index contributed by atoms with van der Waals surface area (Å²) in [7, 11) is -3.83. The lowest BCUT2D eigenvalue weighted by molar-refractivity contribution is -0.140. The molecule has 0 aliphatic carbocycles. The summed E-state index contributed by atoms with van der Waals surface area (Å²) in [5, 5.41) is 2.93. The van der Waals surface area contributed by atoms with Gasteiger partial charge in [-0.1, -0.05) is 65.3 Å². The van der Waals surface area contributed by atoms with Gasteiger partial charge in [0.15, 0.2) is 0 Å². The summed E-state index contributed by atoms with van der Waals surface area (Å²) in [5.41, 5.74) is 2.02. The van der Waals surface area contributed by atoms with Crippen molar-refractivity contribution in [2.24, 2.45) is 0 Å². The van der Waals surface area contributed by atoms with Gasteiger partial charge in [0.25, 0.3) is 0 Å². The molecule has 0 spiro atoms. The minimum Gasteiger partial charge on any atom is -0.494 e. The SMILES string of the molecule is CCCNC(=O)[C@H](Cc1ccccc1)N(Cc1cccc(Br)c1)C(=O)CN(c1ccc(OCC)cc1)S(C)(=O)=O. The molecule has 0 bridgehead atoms. The average Bonchev–Trinajstić information content (AvgIpc) is 2.93. The Morgan fingerprint density at radius 3 is 2.23 bits per heavy atom. The largest absolute Gasteiger partial charge is 0.494 e. The first-order chi connectivity index (χ1) is 19.1. The van der Waals surface area contributed by atoms with Crippen molar-refractivity contribution in [3.8, 4) is 5.75 Å². The molecule has 214 valence electrons. The number of nitrogens with one attached hydrogen (secondary N) is 1. The maximum atomic E-state index is 14.0. The van der Waals surface area contributed by atoms with E-state index in [2.05, 4.69) is 21.2 Å². The molecule has 0 aromatic heterocycles. The van der Waals surface area contributed by atoms with Crippen LogP contribution in [0.5, 0.6) is 5.75 Å². The van der Waals surface area contributed by atoms with Crippen LogP contribution in [0.3, 0.4) is 0 Å². The Hall–Kier alpha value is -3.37. The topological polar surface area (TPSA) is 96.0 Å². The molecular formula is C30H36BrN3O5S. The van der Waals surface area contributed by atoms with E-state index in [9.17, 15) is 18.0 Å². The van der Waals surface area contributed by atoms with Gasteiger partial charge in [0.05, 0.1) is 18.6 Å². The molecule has 0 saturated carbocycles. The second-order valence-corrected chi connectivity index (χ2v) is 12.2. The summed E-state index contributed by atoms with van der Waals surface area (Å²) < 4.78 is 33.1. The zero-order valence-electron chi connectivity index (χ0n) is 23.0. The van der Waals surface area contributed by atoms with Crippen LogP contribution in [0, 0.1) is 0 Å². The minimum absolute atomic E-state index is 0.121. The summed E-state index contributed by atoms with van der Waals surface area (Å²) in [6.07, 6.45) is 2.08. The quantitative estimate of drug-likeness (QED) is 0.277. The van der Waals surface area contributed by atoms with Crippen LogP contribution in [0.4, 0.5) is 5.69 Å². The van der Waals surface area contributed by atoms with Crippen LogP contribution < -0.4 is 14.4 Å². The van der Waals surface area contributed by atoms with Gasteiger partial charge in [-0.3, -0.25) is 13.9 Å². The highest BCUT2D eigenvalue weighted by molar-refractivity contribution is 9.10. The molecule has 0 fully saturated rings. The molecule has 3 aromatic rings. The van der Waals surface area contributed by atoms with Crippen molar-refractivity contribution in [3.63, 3.8) is 0 Å². The van der Waals surface area contributed by atoms with Crippen molar-refractivity contribution in [1.29, 1.82) is 0 Å². The molecule has 0 aliphatic heterocycles. The Kier molecular flexibility index (Phi) is 11.6. The molecule has 0 aliphatic rings. The molecule has 0 heterocycles. The fraction of sp³-hybridized carbons (Fsp3) is 0.333. The van der Waals surface area contributed by atoms with E-state index in [1.807, 2.05) is 68.4 Å². The van der Waals surface area contributed by atoms with E-state index in [4.69, 9.17) is 4.74 Å². The van der Waals surface area contributed by atoms with Crippen LogP contribution in [0.25, 0.3) is 0 Å². The molecule has 0 unspecified atom stereocenters. The number of anilines is 1. The predicted octanol–water partition coefficient (Wildman–Crippen LogP) is 4.78. The van der Waals surface area contributed by atoms with E-state index in [1.54, 1.807) is 24.3 Å². The van der Waals surface area contributed by atoms with E-state index >= 15 is 0 Å². The maximum Gasteiger partial charge on any atom is 0.244 e. The standard InChI is InChI=1S/C30H36BrN3O5S/c1-4-18-32-30(36)28(20-23-10-7-6-8-11-23)33(21-24-12-9-13-25(31)19-24)29(35)22-34(40(3,37)38)26-14-16-27(17-15-26)39-5-2/h6-17,19,28H,4-5,18,20-22H2,1-3H3,(H,32,36)/t28-/m0/s1. The maximum absolute atomic E-state index is 14.0. The third-order valence-corrected chi connectivity index (χ3v) is 7.81. The Balaban J connectivity index is 2.02. The fourth-order valence-corrected chi connectivity index (χ4v) is 5.54. The van der Waals surface area contributed by atoms with Crippen molar-refractivity contribution < 1.29 is 22.7 Å². The Bertz CT molecular complexity index is 1370. The summed E-state index contributed by atoms with van der Waals surface area (Å²) in [6, 6.07) is 22.6. The molecular weight excluding hydrogens is 594 g/mol. The average molecular weight is 631 g/mol. The lowest BCUT2D eigenvalue weighted by Gasteiger charge is -2.33. The number of benzene rings is 3. The number of sulfonamides is 1. The molecule has 10 heteroatoms. The zero-order chi connectivity index (χ0) is 29.1. The fourth-order valence-electron chi connectivity index (χ4n) is 4.24. The van der Waals surface area contributed by atoms with Gasteiger partial charge in [-0.25, -0.2) is 8.42 Å². The number of carbonyl (C=O) groups excluding carboxylic acids is 2. The second-order valence-electron chi connectivity index (χ2n) is 9.34. The molecule has 2 amide bonds. The Labute approximate surface area is 245 Å². The predicted molar refractivity (Wildman–Crippen MR) is 162 cm³/mol. The Morgan fingerprint density at radius 1 is 0.950 bits per heavy atom. The molecule has 8 nitrogen and oxygen atoms in total. The van der Waals surface area contributed by atoms with E-state index < -0.39 is 28.5 Å². The number of nitrogens with zero attached hydrogens (tertiary/aromatic N) is 2. The number of rotatable bonds is 14. The second kappa shape index (κ2) is 14.9. The van der Waals surface area contributed by atoms with Gasteiger partial charge < -0.3 is 15.0 Å². The lowest BCUT2D eigenvalue weighted by Crippen LogP contribution is -2.53. The highest BCUT2D eigenvalue weighted by atomic mass is 79.9. The molecule has 40 heavy (non-hydrogen) atoms. The van der Waals surface area contributed by atoms with Crippen LogP contribution in [-0.4, -0.2) is 57.1 Å². The van der Waals surface area contributed by atoms with Gasteiger partial charge >= 0.3 is 0 Å². The summed E-state index contributed by atoms with van der Waals surface area (Å²) in [6.45, 7) is 4.41. The smallest absolute Gasteiger partial charge is 0.244 e. The lowest BCUT2D eigenvalue weighted by atomic mass is 10.0. The molecule has 0 saturated heterocycles. The Morgan fingerprint density at radius 2 is 1.62 bits per heavy atom. The zero-order valence-corrected chi connectivity index (χ0v) is 25.4. The van der Waals surface area contributed by atoms with Gasteiger partial charge in [0, 0.05) is 24.0 Å². The number of ether oxygens (including phenoxy) is 1. The number of amides is 2. The first kappa shape index (κ1) is 31.2. The van der Waals surface area contributed by atoms with Gasteiger partial charge in [0.1, 0.15) is 18.3 Å². The van der Waals surface area contributed by atoms with Crippen LogP contribution in [0.1, 0.15) is 31.4 Å². The van der Waals surface area contributed by atoms with Gasteiger partial charge in [0.2, 0.25) is 21.8 Å². The van der Waals surface area contributed by atoms with Crippen LogP contribution in [0.15, 0.2) is 83.3 Å². The first-order valence-corrected chi connectivity index (χ1v) is 15.8. The van der Waals surface area contributed by atoms with E-state index in [0.29, 0.717) is 24.6 Å². The number of carbonyl (C=O) groups is 2. The van der Waals surface area contributed by atoms with Crippen LogP contribution in [-0.2, 0) is 32.6 Å². The third-order valence-electron chi connectivity index (χ3n) is 6.18. The van der Waals surface area contributed by atoms with Crippen molar-refractivity contribution in [1.82, 2.24) is 10.2 Å². The summed E-state index contributed by atoms with van der Waals surface area (Å²) in [4.78, 5) is 29.0. The van der Waals surface area contributed by atoms with Gasteiger partial charge in [-0.05, 0) is 60.9 Å². The number of halogens is 1. The van der Waals surface area contributed by atoms with Crippen LogP contribution in [0.2, 0.25) is 0 Å². The van der Waals surface area contributed by atoms with E-state index in [-0.39, 0.29) is 18.9 Å². The van der Waals surface area contributed by atoms with Gasteiger partial charge in [-0.2, -0.15) is 0 Å². The minimum atomic E-state index is -3.83. The molecule has 3 aromatic carbocycles. The number of hydrogen-bond acceptors (Lipinski definition) is 5. The van der Waals surface area contributed by atoms with Crippen molar-refractivity contribution in [2.75, 3.05) is 30.3 Å². The summed E-state index contributed by atoms with van der Waals surface area (Å²) in [5.74, 6) is -0.189. The van der Waals surface area contributed by atoms with Crippen molar-refractivity contribution in [2.45, 2.75) is 39.3 Å². The van der Waals surface area contributed by atoms with Crippen molar-refractivity contribution in [3.05, 3.63) is 94.5 Å². The third kappa shape index (κ3) is 9.09. The molecule has 1 atom stereocenters. The van der Waals surface area contributed by atoms with E-state index in [1.165, 1.54) is 4.90 Å². The van der Waals surface area contributed by atoms with Crippen LogP contribution >= 0.6 is 15.9 Å². The normalized spacial score (nSPS) is 11.9. The highest BCUT2D eigenvalue weighted by Crippen LogP contribution is 2.23. The van der Waals surface area contributed by atoms with Crippen molar-refractivity contribution >= 4 is 43.5 Å². The molecule has 0 radical (unpaired) electrons.